The number of aromatic nitrogens is 1. The molecule has 6 heteroatoms. The number of thiocarbonyl (C=S) groups is 1. The third kappa shape index (κ3) is 4.22. The van der Waals surface area contributed by atoms with Gasteiger partial charge >= 0.3 is 0 Å². The molecule has 0 radical (unpaired) electrons. The summed E-state index contributed by atoms with van der Waals surface area (Å²) >= 11 is 11.6. The first-order valence-corrected chi connectivity index (χ1v) is 9.07. The second-order valence-electron chi connectivity index (χ2n) is 6.19. The number of para-hydroxylation sites is 1. The van der Waals surface area contributed by atoms with E-state index in [1.807, 2.05) is 31.2 Å². The van der Waals surface area contributed by atoms with E-state index < -0.39 is 0 Å². The predicted octanol–water partition coefficient (Wildman–Crippen LogP) is 4.33. The van der Waals surface area contributed by atoms with Gasteiger partial charge in [0, 0.05) is 17.0 Å². The summed E-state index contributed by atoms with van der Waals surface area (Å²) in [5.74, 6) is 0. The van der Waals surface area contributed by atoms with Gasteiger partial charge in [0.25, 0.3) is 0 Å². The summed E-state index contributed by atoms with van der Waals surface area (Å²) in [6.45, 7) is 2.02. The molecule has 0 aliphatic heterocycles. The zero-order valence-electron chi connectivity index (χ0n) is 13.7. The number of pyridine rings is 1. The molecule has 0 saturated heterocycles. The van der Waals surface area contributed by atoms with Gasteiger partial charge in [-0.05, 0) is 43.6 Å². The number of rotatable bonds is 3. The van der Waals surface area contributed by atoms with Crippen LogP contribution in [0.5, 0.6) is 0 Å². The van der Waals surface area contributed by atoms with Crippen LogP contribution in [-0.2, 0) is 0 Å². The van der Waals surface area contributed by atoms with Crippen molar-refractivity contribution in [1.29, 1.82) is 0 Å². The van der Waals surface area contributed by atoms with Crippen molar-refractivity contribution in [3.8, 4) is 0 Å². The van der Waals surface area contributed by atoms with Gasteiger partial charge in [0.05, 0.1) is 11.7 Å². The van der Waals surface area contributed by atoms with E-state index >= 15 is 0 Å². The molecule has 1 aliphatic carbocycles. The lowest BCUT2D eigenvalue weighted by Crippen LogP contribution is -2.40. The van der Waals surface area contributed by atoms with E-state index in [0.717, 1.165) is 22.0 Å². The van der Waals surface area contributed by atoms with E-state index in [4.69, 9.17) is 23.8 Å². The normalized spacial score (nSPS) is 15.8. The van der Waals surface area contributed by atoms with Gasteiger partial charge < -0.3 is 5.32 Å². The molecule has 1 aromatic carbocycles. The SMILES string of the molecule is Cc1cccc2cc(/C=N/NC(=S)NC3CCCCC3)c(Cl)nc12. The van der Waals surface area contributed by atoms with Crippen LogP contribution in [0.4, 0.5) is 0 Å². The van der Waals surface area contributed by atoms with E-state index in [2.05, 4.69) is 20.8 Å². The summed E-state index contributed by atoms with van der Waals surface area (Å²) in [5.41, 5.74) is 5.66. The number of hydrogen-bond donors (Lipinski definition) is 2. The van der Waals surface area contributed by atoms with Crippen LogP contribution >= 0.6 is 23.8 Å². The fraction of sp³-hybridized carbons (Fsp3) is 0.389. The third-order valence-electron chi connectivity index (χ3n) is 4.34. The summed E-state index contributed by atoms with van der Waals surface area (Å²) in [5, 5.41) is 9.55. The van der Waals surface area contributed by atoms with Crippen molar-refractivity contribution >= 4 is 46.0 Å². The molecule has 126 valence electrons. The Bertz CT molecular complexity index is 769. The second-order valence-corrected chi connectivity index (χ2v) is 6.96. The van der Waals surface area contributed by atoms with Crippen molar-refractivity contribution in [2.75, 3.05) is 0 Å². The molecule has 0 spiro atoms. The number of hydrogen-bond acceptors (Lipinski definition) is 3. The highest BCUT2D eigenvalue weighted by Crippen LogP contribution is 2.21. The van der Waals surface area contributed by atoms with Crippen molar-refractivity contribution in [3.05, 3.63) is 40.5 Å². The highest BCUT2D eigenvalue weighted by Gasteiger charge is 2.13. The highest BCUT2D eigenvalue weighted by molar-refractivity contribution is 7.80. The smallest absolute Gasteiger partial charge is 0.187 e. The molecule has 24 heavy (non-hydrogen) atoms. The Labute approximate surface area is 152 Å². The fourth-order valence-corrected chi connectivity index (χ4v) is 3.46. The molecule has 1 fully saturated rings. The molecule has 1 saturated carbocycles. The van der Waals surface area contributed by atoms with Gasteiger partial charge in [0.15, 0.2) is 5.11 Å². The quantitative estimate of drug-likeness (QED) is 0.370. The number of hydrazone groups is 1. The summed E-state index contributed by atoms with van der Waals surface area (Å²) in [7, 11) is 0. The van der Waals surface area contributed by atoms with Crippen LogP contribution < -0.4 is 10.7 Å². The van der Waals surface area contributed by atoms with Gasteiger partial charge in [-0.3, -0.25) is 5.43 Å². The standard InChI is InChI=1S/C18H21ClN4S/c1-12-6-5-7-13-10-14(17(19)22-16(12)13)11-20-23-18(24)21-15-8-3-2-4-9-15/h5-7,10-11,15H,2-4,8-9H2,1H3,(H2,21,23,24)/b20-11+. The van der Waals surface area contributed by atoms with Gasteiger partial charge in [-0.15, -0.1) is 0 Å². The van der Waals surface area contributed by atoms with E-state index in [1.54, 1.807) is 6.21 Å². The van der Waals surface area contributed by atoms with Crippen LogP contribution in [-0.4, -0.2) is 22.4 Å². The van der Waals surface area contributed by atoms with Crippen molar-refractivity contribution in [3.63, 3.8) is 0 Å². The first kappa shape index (κ1) is 17.1. The van der Waals surface area contributed by atoms with E-state index in [9.17, 15) is 0 Å². The third-order valence-corrected chi connectivity index (χ3v) is 4.85. The minimum atomic E-state index is 0.438. The molecule has 0 bridgehead atoms. The minimum absolute atomic E-state index is 0.438. The molecule has 1 aliphatic rings. The first-order valence-electron chi connectivity index (χ1n) is 8.29. The van der Waals surface area contributed by atoms with Crippen LogP contribution in [0.3, 0.4) is 0 Å². The molecule has 1 heterocycles. The molecule has 3 rings (SSSR count). The zero-order chi connectivity index (χ0) is 16.9. The molecule has 1 aromatic heterocycles. The lowest BCUT2D eigenvalue weighted by molar-refractivity contribution is 0.412. The maximum atomic E-state index is 6.27. The number of benzene rings is 1. The predicted molar refractivity (Wildman–Crippen MR) is 105 cm³/mol. The number of nitrogens with one attached hydrogen (secondary N) is 2. The highest BCUT2D eigenvalue weighted by atomic mass is 35.5. The van der Waals surface area contributed by atoms with Gasteiger partial charge in [-0.25, -0.2) is 4.98 Å². The molecular weight excluding hydrogens is 340 g/mol. The largest absolute Gasteiger partial charge is 0.359 e. The Balaban J connectivity index is 1.64. The molecule has 0 amide bonds. The van der Waals surface area contributed by atoms with E-state index in [-0.39, 0.29) is 0 Å². The van der Waals surface area contributed by atoms with Gasteiger partial charge in [-0.1, -0.05) is 49.1 Å². The number of aryl methyl sites for hydroxylation is 1. The van der Waals surface area contributed by atoms with Crippen LogP contribution in [0, 0.1) is 6.92 Å². The van der Waals surface area contributed by atoms with Crippen molar-refractivity contribution in [2.24, 2.45) is 5.10 Å². The van der Waals surface area contributed by atoms with Crippen LogP contribution in [0.2, 0.25) is 5.15 Å². The zero-order valence-corrected chi connectivity index (χ0v) is 15.3. The van der Waals surface area contributed by atoms with Crippen LogP contribution in [0.15, 0.2) is 29.4 Å². The molecule has 0 unspecified atom stereocenters. The first-order chi connectivity index (χ1) is 11.6. The fourth-order valence-electron chi connectivity index (χ4n) is 3.06. The van der Waals surface area contributed by atoms with Gasteiger partial charge in [0.2, 0.25) is 0 Å². The number of fused-ring (bicyclic) bond motifs is 1. The average Bonchev–Trinajstić information content (AvgIpc) is 2.57. The summed E-state index contributed by atoms with van der Waals surface area (Å²) < 4.78 is 0. The molecule has 4 nitrogen and oxygen atoms in total. The Hall–Kier alpha value is -1.72. The summed E-state index contributed by atoms with van der Waals surface area (Å²) in [4.78, 5) is 4.46. The van der Waals surface area contributed by atoms with E-state index in [1.165, 1.54) is 32.1 Å². The molecule has 2 N–H and O–H groups in total. The Morgan fingerprint density at radius 1 is 1.33 bits per heavy atom. The topological polar surface area (TPSA) is 49.3 Å². The van der Waals surface area contributed by atoms with Gasteiger partial charge in [0.1, 0.15) is 5.15 Å². The summed E-state index contributed by atoms with van der Waals surface area (Å²) in [6, 6.07) is 8.50. The second kappa shape index (κ2) is 7.90. The maximum Gasteiger partial charge on any atom is 0.187 e. The molecular formula is C18H21ClN4S. The average molecular weight is 361 g/mol. The van der Waals surface area contributed by atoms with Gasteiger partial charge in [-0.2, -0.15) is 5.10 Å². The molecule has 2 aromatic rings. The van der Waals surface area contributed by atoms with E-state index in [0.29, 0.717) is 16.3 Å². The monoisotopic (exact) mass is 360 g/mol. The Morgan fingerprint density at radius 2 is 2.12 bits per heavy atom. The van der Waals surface area contributed by atoms with Crippen molar-refractivity contribution in [1.82, 2.24) is 15.7 Å². The molecule has 0 atom stereocenters. The van der Waals surface area contributed by atoms with Crippen molar-refractivity contribution < 1.29 is 0 Å². The minimum Gasteiger partial charge on any atom is -0.359 e. The summed E-state index contributed by atoms with van der Waals surface area (Å²) in [6.07, 6.45) is 7.86. The van der Waals surface area contributed by atoms with Crippen LogP contribution in [0.25, 0.3) is 10.9 Å². The van der Waals surface area contributed by atoms with Crippen molar-refractivity contribution in [2.45, 2.75) is 45.1 Å². The Kier molecular flexibility index (Phi) is 5.63. The lowest BCUT2D eigenvalue weighted by Gasteiger charge is -2.23. The lowest BCUT2D eigenvalue weighted by atomic mass is 9.96. The maximum absolute atomic E-state index is 6.27. The number of nitrogens with zero attached hydrogens (tertiary/aromatic N) is 2. The number of halogens is 1. The van der Waals surface area contributed by atoms with Crippen LogP contribution in [0.1, 0.15) is 43.2 Å². The Morgan fingerprint density at radius 3 is 2.92 bits per heavy atom.